The number of nitrogens with two attached hydrogens (primary N) is 1. The maximum Gasteiger partial charge on any atom is 0.229 e. The van der Waals surface area contributed by atoms with Gasteiger partial charge >= 0.3 is 0 Å². The van der Waals surface area contributed by atoms with Crippen molar-refractivity contribution < 1.29 is 14.4 Å². The van der Waals surface area contributed by atoms with Gasteiger partial charge in [0.05, 0.1) is 18.9 Å². The molecule has 1 heterocycles. The van der Waals surface area contributed by atoms with E-state index in [-0.39, 0.29) is 11.6 Å². The van der Waals surface area contributed by atoms with Crippen LogP contribution >= 0.6 is 0 Å². The smallest absolute Gasteiger partial charge is 0.229 e. The third kappa shape index (κ3) is 1.69. The maximum absolute atomic E-state index is 9.87. The molecule has 5 nitrogen and oxygen atoms in total. The van der Waals surface area contributed by atoms with Crippen LogP contribution in [0.3, 0.4) is 0 Å². The van der Waals surface area contributed by atoms with Crippen molar-refractivity contribution in [3.8, 4) is 22.6 Å². The molecule has 0 radical (unpaired) electrons. The van der Waals surface area contributed by atoms with E-state index < -0.39 is 0 Å². The number of benzene rings is 1. The van der Waals surface area contributed by atoms with E-state index in [1.54, 1.807) is 13.1 Å². The fourth-order valence-electron chi connectivity index (χ4n) is 1.85. The topological polar surface area (TPSA) is 81.5 Å². The number of aryl methyl sites for hydroxylation is 1. The molecule has 0 spiro atoms. The quantitative estimate of drug-likeness (QED) is 0.832. The van der Waals surface area contributed by atoms with E-state index in [0.29, 0.717) is 16.9 Å². The Labute approximate surface area is 98.8 Å². The van der Waals surface area contributed by atoms with Gasteiger partial charge in [-0.25, -0.2) is 0 Å². The largest absolute Gasteiger partial charge is 0.504 e. The molecule has 0 fully saturated rings. The van der Waals surface area contributed by atoms with Gasteiger partial charge in [0, 0.05) is 5.56 Å². The van der Waals surface area contributed by atoms with Gasteiger partial charge in [-0.1, -0.05) is 5.16 Å². The van der Waals surface area contributed by atoms with Crippen molar-refractivity contribution in [1.82, 2.24) is 5.16 Å². The standard InChI is InChI=1S/C12H14N2O3/c1-6-4-8(9-5-14-17-12(9)13)7(2)11(16-3)10(6)15/h4-5,15H,13H2,1-3H3. The molecule has 0 saturated heterocycles. The van der Waals surface area contributed by atoms with Crippen LogP contribution in [0.2, 0.25) is 0 Å². The summed E-state index contributed by atoms with van der Waals surface area (Å²) >= 11 is 0. The molecular formula is C12H14N2O3. The molecule has 0 aliphatic heterocycles. The lowest BCUT2D eigenvalue weighted by molar-refractivity contribution is 0.369. The van der Waals surface area contributed by atoms with Crippen LogP contribution in [-0.4, -0.2) is 17.4 Å². The molecule has 17 heavy (non-hydrogen) atoms. The van der Waals surface area contributed by atoms with Crippen LogP contribution in [0.4, 0.5) is 5.88 Å². The Bertz CT molecular complexity index is 561. The van der Waals surface area contributed by atoms with Crippen molar-refractivity contribution in [2.45, 2.75) is 13.8 Å². The van der Waals surface area contributed by atoms with Crippen molar-refractivity contribution in [2.75, 3.05) is 12.8 Å². The number of nitrogen functional groups attached to an aromatic ring is 1. The van der Waals surface area contributed by atoms with E-state index in [2.05, 4.69) is 5.16 Å². The maximum atomic E-state index is 9.87. The van der Waals surface area contributed by atoms with E-state index in [0.717, 1.165) is 11.1 Å². The van der Waals surface area contributed by atoms with Gasteiger partial charge in [-0.3, -0.25) is 0 Å². The summed E-state index contributed by atoms with van der Waals surface area (Å²) in [5, 5.41) is 13.5. The van der Waals surface area contributed by atoms with E-state index in [9.17, 15) is 5.11 Å². The average Bonchev–Trinajstić information content (AvgIpc) is 2.71. The Morgan fingerprint density at radius 2 is 2.06 bits per heavy atom. The van der Waals surface area contributed by atoms with Crippen molar-refractivity contribution in [3.63, 3.8) is 0 Å². The number of hydrogen-bond donors (Lipinski definition) is 2. The Morgan fingerprint density at radius 1 is 1.35 bits per heavy atom. The highest BCUT2D eigenvalue weighted by molar-refractivity contribution is 5.78. The zero-order chi connectivity index (χ0) is 12.6. The van der Waals surface area contributed by atoms with Gasteiger partial charge in [-0.2, -0.15) is 0 Å². The number of aromatic hydroxyl groups is 1. The molecule has 5 heteroatoms. The van der Waals surface area contributed by atoms with E-state index in [1.165, 1.54) is 7.11 Å². The van der Waals surface area contributed by atoms with Crippen LogP contribution < -0.4 is 10.5 Å². The van der Waals surface area contributed by atoms with E-state index in [4.69, 9.17) is 15.0 Å². The molecule has 0 unspecified atom stereocenters. The zero-order valence-electron chi connectivity index (χ0n) is 9.94. The molecule has 2 aromatic rings. The third-order valence-corrected chi connectivity index (χ3v) is 2.79. The molecule has 0 saturated carbocycles. The van der Waals surface area contributed by atoms with Crippen molar-refractivity contribution in [3.05, 3.63) is 23.4 Å². The van der Waals surface area contributed by atoms with Crippen molar-refractivity contribution in [1.29, 1.82) is 0 Å². The highest BCUT2D eigenvalue weighted by Gasteiger charge is 2.17. The minimum atomic E-state index is 0.142. The minimum absolute atomic E-state index is 0.142. The monoisotopic (exact) mass is 234 g/mol. The Morgan fingerprint density at radius 3 is 2.59 bits per heavy atom. The predicted molar refractivity (Wildman–Crippen MR) is 64.0 cm³/mol. The lowest BCUT2D eigenvalue weighted by Gasteiger charge is -2.13. The van der Waals surface area contributed by atoms with Crippen LogP contribution in [0.25, 0.3) is 11.1 Å². The van der Waals surface area contributed by atoms with E-state index in [1.807, 2.05) is 13.0 Å². The Balaban J connectivity index is 2.72. The summed E-state index contributed by atoms with van der Waals surface area (Å²) in [7, 11) is 1.52. The molecule has 0 atom stereocenters. The first-order chi connectivity index (χ1) is 8.06. The van der Waals surface area contributed by atoms with Gasteiger partial charge in [0.15, 0.2) is 11.5 Å². The fraction of sp³-hybridized carbons (Fsp3) is 0.250. The first kappa shape index (κ1) is 11.3. The first-order valence-electron chi connectivity index (χ1n) is 5.14. The second kappa shape index (κ2) is 4.01. The SMILES string of the molecule is COc1c(C)c(-c2cnoc2N)cc(C)c1O. The lowest BCUT2D eigenvalue weighted by Crippen LogP contribution is -1.94. The number of nitrogens with zero attached hydrogens (tertiary/aromatic N) is 1. The number of aromatic nitrogens is 1. The second-order valence-electron chi connectivity index (χ2n) is 3.85. The zero-order valence-corrected chi connectivity index (χ0v) is 9.94. The normalized spacial score (nSPS) is 10.5. The van der Waals surface area contributed by atoms with Gasteiger partial charge in [0.2, 0.25) is 5.88 Å². The number of ether oxygens (including phenoxy) is 1. The summed E-state index contributed by atoms with van der Waals surface area (Å²) < 4.78 is 10.0. The second-order valence-corrected chi connectivity index (χ2v) is 3.85. The lowest BCUT2D eigenvalue weighted by atomic mass is 9.98. The van der Waals surface area contributed by atoms with Crippen LogP contribution in [0, 0.1) is 13.8 Å². The van der Waals surface area contributed by atoms with Gasteiger partial charge in [-0.15, -0.1) is 0 Å². The molecule has 1 aromatic heterocycles. The molecule has 2 rings (SSSR count). The summed E-state index contributed by atoms with van der Waals surface area (Å²) in [5.41, 5.74) is 8.74. The molecule has 0 aliphatic rings. The van der Waals surface area contributed by atoms with Crippen molar-refractivity contribution >= 4 is 5.88 Å². The number of hydrogen-bond acceptors (Lipinski definition) is 5. The van der Waals surface area contributed by atoms with Crippen LogP contribution in [0.5, 0.6) is 11.5 Å². The molecule has 0 bridgehead atoms. The number of methoxy groups -OCH3 is 1. The molecule has 90 valence electrons. The minimum Gasteiger partial charge on any atom is -0.504 e. The van der Waals surface area contributed by atoms with Crippen molar-refractivity contribution in [2.24, 2.45) is 0 Å². The number of anilines is 1. The number of phenols is 1. The predicted octanol–water partition coefficient (Wildman–Crippen LogP) is 2.25. The summed E-state index contributed by atoms with van der Waals surface area (Å²) in [4.78, 5) is 0. The van der Waals surface area contributed by atoms with Crippen LogP contribution in [-0.2, 0) is 0 Å². The molecule has 3 N–H and O–H groups in total. The first-order valence-corrected chi connectivity index (χ1v) is 5.14. The van der Waals surface area contributed by atoms with Crippen LogP contribution in [0.15, 0.2) is 16.8 Å². The highest BCUT2D eigenvalue weighted by atomic mass is 16.5. The summed E-state index contributed by atoms with van der Waals surface area (Å²) in [5.74, 6) is 0.838. The highest BCUT2D eigenvalue weighted by Crippen LogP contribution is 2.40. The van der Waals surface area contributed by atoms with Gasteiger partial charge in [0.25, 0.3) is 0 Å². The molecule has 0 aliphatic carbocycles. The summed E-state index contributed by atoms with van der Waals surface area (Å²) in [6.45, 7) is 3.64. The van der Waals surface area contributed by atoms with Gasteiger partial charge in [0.1, 0.15) is 0 Å². The third-order valence-electron chi connectivity index (χ3n) is 2.79. The Hall–Kier alpha value is -2.17. The number of rotatable bonds is 2. The van der Waals surface area contributed by atoms with E-state index >= 15 is 0 Å². The van der Waals surface area contributed by atoms with Crippen LogP contribution in [0.1, 0.15) is 11.1 Å². The average molecular weight is 234 g/mol. The van der Waals surface area contributed by atoms with Gasteiger partial charge in [-0.05, 0) is 31.0 Å². The Kier molecular flexibility index (Phi) is 2.67. The van der Waals surface area contributed by atoms with Gasteiger partial charge < -0.3 is 20.1 Å². The summed E-state index contributed by atoms with van der Waals surface area (Å²) in [6, 6.07) is 1.83. The molecular weight excluding hydrogens is 220 g/mol. The molecule has 0 amide bonds. The fourth-order valence-corrected chi connectivity index (χ4v) is 1.85. The molecule has 1 aromatic carbocycles. The number of phenolic OH excluding ortho intramolecular Hbond substituents is 1. The summed E-state index contributed by atoms with van der Waals surface area (Å²) in [6.07, 6.45) is 1.55.